The molecular formula is C18H17BrN4O3. The number of carbonyl (C=O) groups is 1. The highest BCUT2D eigenvalue weighted by molar-refractivity contribution is 9.10. The number of rotatable bonds is 6. The third kappa shape index (κ3) is 4.02. The molecule has 2 aromatic heterocycles. The number of nitrogens with one attached hydrogen (secondary N) is 1. The summed E-state index contributed by atoms with van der Waals surface area (Å²) >= 11 is 3.34. The number of pyridine rings is 1. The fourth-order valence-electron chi connectivity index (χ4n) is 2.42. The number of hydrogen-bond donors (Lipinski definition) is 1. The van der Waals surface area contributed by atoms with Gasteiger partial charge in [-0.2, -0.15) is 0 Å². The summed E-state index contributed by atoms with van der Waals surface area (Å²) in [4.78, 5) is 20.8. The van der Waals surface area contributed by atoms with Gasteiger partial charge in [-0.15, -0.1) is 0 Å². The van der Waals surface area contributed by atoms with E-state index in [1.54, 1.807) is 49.6 Å². The van der Waals surface area contributed by atoms with Gasteiger partial charge in [-0.3, -0.25) is 4.79 Å². The molecule has 7 nitrogen and oxygen atoms in total. The van der Waals surface area contributed by atoms with Gasteiger partial charge in [-0.1, -0.05) is 0 Å². The Hall–Kier alpha value is -2.87. The van der Waals surface area contributed by atoms with Gasteiger partial charge < -0.3 is 19.4 Å². The molecule has 0 radical (unpaired) electrons. The molecule has 0 saturated heterocycles. The van der Waals surface area contributed by atoms with Gasteiger partial charge in [0.2, 0.25) is 0 Å². The Balaban J connectivity index is 1.77. The second-order valence-corrected chi connectivity index (χ2v) is 6.18. The topological polar surface area (TPSA) is 78.3 Å². The lowest BCUT2D eigenvalue weighted by molar-refractivity contribution is 0.0945. The van der Waals surface area contributed by atoms with Crippen LogP contribution < -0.4 is 14.8 Å². The Morgan fingerprint density at radius 3 is 2.77 bits per heavy atom. The number of aromatic nitrogens is 3. The molecule has 0 bridgehead atoms. The molecule has 3 rings (SSSR count). The van der Waals surface area contributed by atoms with Crippen molar-refractivity contribution in [2.75, 3.05) is 14.2 Å². The lowest BCUT2D eigenvalue weighted by atomic mass is 10.2. The first-order valence-corrected chi connectivity index (χ1v) is 8.55. The van der Waals surface area contributed by atoms with E-state index < -0.39 is 0 Å². The third-order valence-corrected chi connectivity index (χ3v) is 4.15. The zero-order chi connectivity index (χ0) is 18.5. The summed E-state index contributed by atoms with van der Waals surface area (Å²) in [7, 11) is 3.17. The first-order valence-electron chi connectivity index (χ1n) is 7.75. The van der Waals surface area contributed by atoms with Crippen LogP contribution in [0.25, 0.3) is 5.69 Å². The van der Waals surface area contributed by atoms with Crippen LogP contribution in [0.3, 0.4) is 0 Å². The van der Waals surface area contributed by atoms with Crippen LogP contribution in [0.4, 0.5) is 0 Å². The number of methoxy groups -OCH3 is 2. The van der Waals surface area contributed by atoms with Crippen LogP contribution in [0, 0.1) is 0 Å². The zero-order valence-corrected chi connectivity index (χ0v) is 15.9. The minimum absolute atomic E-state index is 0.287. The maximum absolute atomic E-state index is 12.5. The molecule has 0 spiro atoms. The van der Waals surface area contributed by atoms with Gasteiger partial charge in [0.05, 0.1) is 26.2 Å². The minimum Gasteiger partial charge on any atom is -0.497 e. The van der Waals surface area contributed by atoms with Gasteiger partial charge in [0.15, 0.2) is 0 Å². The van der Waals surface area contributed by atoms with E-state index in [4.69, 9.17) is 9.47 Å². The van der Waals surface area contributed by atoms with Crippen molar-refractivity contribution in [1.29, 1.82) is 0 Å². The van der Waals surface area contributed by atoms with E-state index in [2.05, 4.69) is 31.2 Å². The molecule has 1 aromatic carbocycles. The molecule has 2 heterocycles. The van der Waals surface area contributed by atoms with Crippen LogP contribution in [0.5, 0.6) is 11.5 Å². The molecule has 3 aromatic rings. The highest BCUT2D eigenvalue weighted by Gasteiger charge is 2.12. The van der Waals surface area contributed by atoms with Crippen molar-refractivity contribution < 1.29 is 14.3 Å². The summed E-state index contributed by atoms with van der Waals surface area (Å²) in [6.07, 6.45) is 5.13. The van der Waals surface area contributed by atoms with Crippen molar-refractivity contribution >= 4 is 21.8 Å². The molecule has 0 aliphatic rings. The molecular weight excluding hydrogens is 400 g/mol. The molecule has 0 aliphatic carbocycles. The highest BCUT2D eigenvalue weighted by atomic mass is 79.9. The zero-order valence-electron chi connectivity index (χ0n) is 14.3. The summed E-state index contributed by atoms with van der Waals surface area (Å²) in [5.74, 6) is 1.05. The molecule has 0 atom stereocenters. The number of amides is 1. The van der Waals surface area contributed by atoms with Crippen molar-refractivity contribution in [1.82, 2.24) is 19.9 Å². The van der Waals surface area contributed by atoms with Gasteiger partial charge in [-0.05, 0) is 40.2 Å². The minimum atomic E-state index is -0.287. The average Bonchev–Trinajstić information content (AvgIpc) is 3.20. The van der Waals surface area contributed by atoms with Gasteiger partial charge >= 0.3 is 0 Å². The SMILES string of the molecule is COc1ccc(CNC(=O)c2cc(-n3ccnc3)cc(Br)n2)c(OC)c1. The molecule has 0 saturated carbocycles. The van der Waals surface area contributed by atoms with E-state index in [9.17, 15) is 4.79 Å². The molecule has 0 unspecified atom stereocenters. The van der Waals surface area contributed by atoms with Crippen LogP contribution in [-0.2, 0) is 6.54 Å². The highest BCUT2D eigenvalue weighted by Crippen LogP contribution is 2.24. The van der Waals surface area contributed by atoms with Crippen molar-refractivity contribution in [2.24, 2.45) is 0 Å². The van der Waals surface area contributed by atoms with Gasteiger partial charge in [0.25, 0.3) is 5.91 Å². The maximum atomic E-state index is 12.5. The second kappa shape index (κ2) is 8.01. The average molecular weight is 417 g/mol. The van der Waals surface area contributed by atoms with Gasteiger partial charge in [-0.25, -0.2) is 9.97 Å². The number of hydrogen-bond acceptors (Lipinski definition) is 5. The summed E-state index contributed by atoms with van der Waals surface area (Å²) in [5, 5.41) is 2.86. The van der Waals surface area contributed by atoms with Crippen molar-refractivity contribution in [2.45, 2.75) is 6.54 Å². The molecule has 1 amide bonds. The first-order chi connectivity index (χ1) is 12.6. The normalized spacial score (nSPS) is 10.4. The molecule has 134 valence electrons. The van der Waals surface area contributed by atoms with E-state index in [1.165, 1.54) is 0 Å². The van der Waals surface area contributed by atoms with Gasteiger partial charge in [0, 0.05) is 30.6 Å². The Kier molecular flexibility index (Phi) is 5.52. The Morgan fingerprint density at radius 2 is 2.08 bits per heavy atom. The van der Waals surface area contributed by atoms with E-state index >= 15 is 0 Å². The number of benzene rings is 1. The maximum Gasteiger partial charge on any atom is 0.270 e. The fourth-order valence-corrected chi connectivity index (χ4v) is 2.85. The second-order valence-electron chi connectivity index (χ2n) is 5.36. The van der Waals surface area contributed by atoms with Gasteiger partial charge in [0.1, 0.15) is 21.8 Å². The third-order valence-electron chi connectivity index (χ3n) is 3.75. The Labute approximate surface area is 159 Å². The van der Waals surface area contributed by atoms with E-state index in [0.29, 0.717) is 28.3 Å². The van der Waals surface area contributed by atoms with Crippen molar-refractivity contribution in [3.05, 3.63) is 64.9 Å². The van der Waals surface area contributed by atoms with Crippen LogP contribution in [0.2, 0.25) is 0 Å². The predicted octanol–water partition coefficient (Wildman–Crippen LogP) is 2.98. The predicted molar refractivity (Wildman–Crippen MR) is 99.8 cm³/mol. The lowest BCUT2D eigenvalue weighted by Gasteiger charge is -2.12. The number of nitrogens with zero attached hydrogens (tertiary/aromatic N) is 3. The fraction of sp³-hybridized carbons (Fsp3) is 0.167. The summed E-state index contributed by atoms with van der Waals surface area (Å²) in [5.41, 5.74) is 1.93. The number of imidazole rings is 1. The smallest absolute Gasteiger partial charge is 0.270 e. The number of halogens is 1. The Bertz CT molecular complexity index is 913. The summed E-state index contributed by atoms with van der Waals surface area (Å²) in [6.45, 7) is 0.306. The van der Waals surface area contributed by atoms with Crippen LogP contribution >= 0.6 is 15.9 Å². The van der Waals surface area contributed by atoms with Crippen molar-refractivity contribution in [3.63, 3.8) is 0 Å². The quantitative estimate of drug-likeness (QED) is 0.624. The van der Waals surface area contributed by atoms with Crippen molar-refractivity contribution in [3.8, 4) is 17.2 Å². The number of carbonyl (C=O) groups excluding carboxylic acids is 1. The van der Waals surface area contributed by atoms with E-state index in [-0.39, 0.29) is 5.91 Å². The van der Waals surface area contributed by atoms with Crippen LogP contribution in [0.15, 0.2) is 53.7 Å². The van der Waals surface area contributed by atoms with Crippen LogP contribution in [-0.4, -0.2) is 34.7 Å². The monoisotopic (exact) mass is 416 g/mol. The van der Waals surface area contributed by atoms with E-state index in [1.807, 2.05) is 18.2 Å². The van der Waals surface area contributed by atoms with Crippen LogP contribution in [0.1, 0.15) is 16.1 Å². The molecule has 1 N–H and O–H groups in total. The largest absolute Gasteiger partial charge is 0.497 e. The summed E-state index contributed by atoms with van der Waals surface area (Å²) < 4.78 is 12.9. The molecule has 8 heteroatoms. The molecule has 0 fully saturated rings. The standard InChI is InChI=1S/C18H17BrN4O3/c1-25-14-4-3-12(16(9-14)26-2)10-21-18(24)15-7-13(8-17(19)22-15)23-6-5-20-11-23/h3-9,11H,10H2,1-2H3,(H,21,24). The number of ether oxygens (including phenoxy) is 2. The first kappa shape index (κ1) is 17.9. The lowest BCUT2D eigenvalue weighted by Crippen LogP contribution is -2.24. The Morgan fingerprint density at radius 1 is 1.23 bits per heavy atom. The molecule has 0 aliphatic heterocycles. The molecule has 26 heavy (non-hydrogen) atoms. The van der Waals surface area contributed by atoms with E-state index in [0.717, 1.165) is 11.3 Å². The summed E-state index contributed by atoms with van der Waals surface area (Å²) in [6, 6.07) is 8.95.